The van der Waals surface area contributed by atoms with Crippen LogP contribution >= 0.6 is 0 Å². The molecule has 1 unspecified atom stereocenters. The third-order valence-corrected chi connectivity index (χ3v) is 9.08. The molecule has 2 heterocycles. The van der Waals surface area contributed by atoms with Crippen molar-refractivity contribution in [2.75, 3.05) is 52.4 Å². The molecule has 1 atom stereocenters. The standard InChI is InChI=1S/C28H32FN3O4S/c1-21-7-10-26(18-27(21)29)37(34,35)32-15-16-36-25(20-32)19-30-11-4-12-31(14-13-30)28(33)24-9-8-22-5-2-3-6-23(22)17-24/h2-3,5-10,17-18,25H,4,11-16,19-20H2,1H3. The quantitative estimate of drug-likeness (QED) is 0.510. The number of amides is 1. The zero-order chi connectivity index (χ0) is 26.0. The van der Waals surface area contributed by atoms with Gasteiger partial charge in [0.2, 0.25) is 10.0 Å². The predicted octanol–water partition coefficient (Wildman–Crippen LogP) is 3.52. The van der Waals surface area contributed by atoms with Crippen molar-refractivity contribution in [2.24, 2.45) is 0 Å². The Balaban J connectivity index is 1.19. The van der Waals surface area contributed by atoms with Crippen molar-refractivity contribution in [3.8, 4) is 0 Å². The van der Waals surface area contributed by atoms with Gasteiger partial charge in [0.05, 0.1) is 17.6 Å². The monoisotopic (exact) mass is 525 g/mol. The molecule has 5 rings (SSSR count). The van der Waals surface area contributed by atoms with E-state index in [2.05, 4.69) is 4.90 Å². The van der Waals surface area contributed by atoms with Crippen LogP contribution in [0.3, 0.4) is 0 Å². The highest BCUT2D eigenvalue weighted by Crippen LogP contribution is 2.22. The second kappa shape index (κ2) is 10.9. The van der Waals surface area contributed by atoms with E-state index < -0.39 is 15.8 Å². The van der Waals surface area contributed by atoms with Crippen molar-refractivity contribution >= 4 is 26.7 Å². The van der Waals surface area contributed by atoms with E-state index in [-0.39, 0.29) is 30.0 Å². The first kappa shape index (κ1) is 25.8. The molecule has 0 aromatic heterocycles. The van der Waals surface area contributed by atoms with Crippen molar-refractivity contribution in [3.05, 3.63) is 77.6 Å². The van der Waals surface area contributed by atoms with Crippen molar-refractivity contribution in [1.29, 1.82) is 0 Å². The highest BCUT2D eigenvalue weighted by Gasteiger charge is 2.32. The van der Waals surface area contributed by atoms with Crippen LogP contribution in [0.2, 0.25) is 0 Å². The second-order valence-electron chi connectivity index (χ2n) is 9.78. The Labute approximate surface area is 217 Å². The summed E-state index contributed by atoms with van der Waals surface area (Å²) in [7, 11) is -3.81. The van der Waals surface area contributed by atoms with E-state index in [0.717, 1.165) is 29.8 Å². The van der Waals surface area contributed by atoms with E-state index >= 15 is 0 Å². The average Bonchev–Trinajstić information content (AvgIpc) is 3.15. The number of rotatable bonds is 5. The van der Waals surface area contributed by atoms with Gasteiger partial charge in [0.1, 0.15) is 5.82 Å². The number of hydrogen-bond acceptors (Lipinski definition) is 5. The van der Waals surface area contributed by atoms with Gasteiger partial charge in [0.15, 0.2) is 0 Å². The molecule has 3 aromatic carbocycles. The molecule has 0 saturated carbocycles. The first-order valence-electron chi connectivity index (χ1n) is 12.7. The van der Waals surface area contributed by atoms with E-state index in [1.54, 1.807) is 6.92 Å². The van der Waals surface area contributed by atoms with Crippen LogP contribution in [-0.2, 0) is 14.8 Å². The Morgan fingerprint density at radius 3 is 2.59 bits per heavy atom. The lowest BCUT2D eigenvalue weighted by atomic mass is 10.1. The van der Waals surface area contributed by atoms with Gasteiger partial charge in [-0.15, -0.1) is 0 Å². The summed E-state index contributed by atoms with van der Waals surface area (Å²) in [6, 6.07) is 17.9. The number of nitrogens with zero attached hydrogens (tertiary/aromatic N) is 3. The highest BCUT2D eigenvalue weighted by atomic mass is 32.2. The maximum absolute atomic E-state index is 14.0. The number of sulfonamides is 1. The first-order valence-corrected chi connectivity index (χ1v) is 14.1. The molecule has 2 fully saturated rings. The Bertz CT molecular complexity index is 1400. The molecule has 2 aliphatic rings. The van der Waals surface area contributed by atoms with Gasteiger partial charge in [-0.25, -0.2) is 12.8 Å². The van der Waals surface area contributed by atoms with Gasteiger partial charge >= 0.3 is 0 Å². The summed E-state index contributed by atoms with van der Waals surface area (Å²) in [4.78, 5) is 17.3. The van der Waals surface area contributed by atoms with Crippen LogP contribution in [-0.4, -0.2) is 87.0 Å². The maximum atomic E-state index is 14.0. The molecular formula is C28H32FN3O4S. The minimum absolute atomic E-state index is 0.0316. The number of hydrogen-bond donors (Lipinski definition) is 0. The first-order chi connectivity index (χ1) is 17.8. The topological polar surface area (TPSA) is 70.2 Å². The third-order valence-electron chi connectivity index (χ3n) is 7.22. The van der Waals surface area contributed by atoms with Crippen LogP contribution in [0.15, 0.2) is 65.6 Å². The van der Waals surface area contributed by atoms with E-state index in [4.69, 9.17) is 4.74 Å². The van der Waals surface area contributed by atoms with Crippen molar-refractivity contribution in [3.63, 3.8) is 0 Å². The number of ether oxygens (including phenoxy) is 1. The second-order valence-corrected chi connectivity index (χ2v) is 11.7. The zero-order valence-corrected chi connectivity index (χ0v) is 21.8. The SMILES string of the molecule is Cc1ccc(S(=O)(=O)N2CCOC(CN3CCCN(C(=O)c4ccc5ccccc5c4)CC3)C2)cc1F. The molecule has 2 aliphatic heterocycles. The van der Waals surface area contributed by atoms with Gasteiger partial charge in [-0.1, -0.05) is 36.4 Å². The van der Waals surface area contributed by atoms with Crippen molar-refractivity contribution in [1.82, 2.24) is 14.1 Å². The van der Waals surface area contributed by atoms with Crippen LogP contribution in [0, 0.1) is 12.7 Å². The fourth-order valence-corrected chi connectivity index (χ4v) is 6.52. The molecule has 37 heavy (non-hydrogen) atoms. The summed E-state index contributed by atoms with van der Waals surface area (Å²) in [6.07, 6.45) is 0.540. The summed E-state index contributed by atoms with van der Waals surface area (Å²) in [5.74, 6) is -0.498. The number of morpholine rings is 1. The lowest BCUT2D eigenvalue weighted by molar-refractivity contribution is -0.0193. The molecular weight excluding hydrogens is 493 g/mol. The van der Waals surface area contributed by atoms with Gasteiger partial charge in [-0.2, -0.15) is 4.31 Å². The van der Waals surface area contributed by atoms with E-state index in [9.17, 15) is 17.6 Å². The summed E-state index contributed by atoms with van der Waals surface area (Å²) < 4.78 is 47.6. The van der Waals surface area contributed by atoms with E-state index in [0.29, 0.717) is 43.9 Å². The van der Waals surface area contributed by atoms with Crippen molar-refractivity contribution in [2.45, 2.75) is 24.3 Å². The summed E-state index contributed by atoms with van der Waals surface area (Å²) in [5.41, 5.74) is 1.10. The van der Waals surface area contributed by atoms with E-state index in [1.807, 2.05) is 47.4 Å². The minimum Gasteiger partial charge on any atom is -0.374 e. The van der Waals surface area contributed by atoms with Crippen molar-refractivity contribution < 1.29 is 22.3 Å². The Kier molecular flexibility index (Phi) is 7.57. The molecule has 0 bridgehead atoms. The van der Waals surface area contributed by atoms with Gasteiger partial charge in [0, 0.05) is 44.8 Å². The molecule has 196 valence electrons. The lowest BCUT2D eigenvalue weighted by Gasteiger charge is -2.34. The Morgan fingerprint density at radius 1 is 0.973 bits per heavy atom. The fraction of sp³-hybridized carbons (Fsp3) is 0.393. The summed E-state index contributed by atoms with van der Waals surface area (Å²) in [5, 5.41) is 2.16. The van der Waals surface area contributed by atoms with E-state index in [1.165, 1.54) is 16.4 Å². The zero-order valence-electron chi connectivity index (χ0n) is 21.0. The summed E-state index contributed by atoms with van der Waals surface area (Å²) >= 11 is 0. The molecule has 9 heteroatoms. The smallest absolute Gasteiger partial charge is 0.253 e. The molecule has 0 radical (unpaired) electrons. The number of benzene rings is 3. The molecule has 0 spiro atoms. The predicted molar refractivity (Wildman–Crippen MR) is 141 cm³/mol. The number of aryl methyl sites for hydroxylation is 1. The largest absolute Gasteiger partial charge is 0.374 e. The maximum Gasteiger partial charge on any atom is 0.253 e. The van der Waals surface area contributed by atoms with Crippen LogP contribution in [0.25, 0.3) is 10.8 Å². The average molecular weight is 526 g/mol. The van der Waals surface area contributed by atoms with Crippen LogP contribution in [0.4, 0.5) is 4.39 Å². The highest BCUT2D eigenvalue weighted by molar-refractivity contribution is 7.89. The molecule has 3 aromatic rings. The fourth-order valence-electron chi connectivity index (χ4n) is 5.05. The van der Waals surface area contributed by atoms with Crippen LogP contribution < -0.4 is 0 Å². The van der Waals surface area contributed by atoms with Gasteiger partial charge in [-0.3, -0.25) is 9.69 Å². The number of carbonyl (C=O) groups is 1. The number of carbonyl (C=O) groups excluding carboxylic acids is 1. The Morgan fingerprint density at radius 2 is 1.78 bits per heavy atom. The lowest BCUT2D eigenvalue weighted by Crippen LogP contribution is -2.50. The van der Waals surface area contributed by atoms with Gasteiger partial charge in [0.25, 0.3) is 5.91 Å². The molecule has 2 saturated heterocycles. The molecule has 7 nitrogen and oxygen atoms in total. The van der Waals surface area contributed by atoms with Crippen LogP contribution in [0.5, 0.6) is 0 Å². The summed E-state index contributed by atoms with van der Waals surface area (Å²) in [6.45, 7) is 5.69. The minimum atomic E-state index is -3.81. The third kappa shape index (κ3) is 5.70. The molecule has 0 N–H and O–H groups in total. The molecule has 0 aliphatic carbocycles. The normalized spacial score (nSPS) is 20.2. The molecule has 1 amide bonds. The number of halogens is 1. The van der Waals surface area contributed by atoms with Crippen LogP contribution in [0.1, 0.15) is 22.3 Å². The Hall–Kier alpha value is -2.85. The number of fused-ring (bicyclic) bond motifs is 1. The van der Waals surface area contributed by atoms with Gasteiger partial charge in [-0.05, 0) is 60.5 Å². The van der Waals surface area contributed by atoms with Gasteiger partial charge < -0.3 is 9.64 Å².